The van der Waals surface area contributed by atoms with Crippen molar-refractivity contribution in [3.63, 3.8) is 0 Å². The van der Waals surface area contributed by atoms with E-state index in [9.17, 15) is 13.2 Å². The van der Waals surface area contributed by atoms with Crippen LogP contribution >= 0.6 is 15.9 Å². The first-order valence-corrected chi connectivity index (χ1v) is 9.31. The number of nitrogens with two attached hydrogens (primary N) is 1. The predicted molar refractivity (Wildman–Crippen MR) is 93.3 cm³/mol. The van der Waals surface area contributed by atoms with Crippen LogP contribution in [0.1, 0.15) is 10.5 Å². The molecule has 0 radical (unpaired) electrons. The van der Waals surface area contributed by atoms with E-state index < -0.39 is 15.9 Å². The van der Waals surface area contributed by atoms with Crippen molar-refractivity contribution in [3.05, 3.63) is 59.1 Å². The van der Waals surface area contributed by atoms with E-state index in [1.54, 1.807) is 34.0 Å². The van der Waals surface area contributed by atoms with Crippen LogP contribution in [0.3, 0.4) is 0 Å². The Morgan fingerprint density at radius 2 is 1.92 bits per heavy atom. The normalized spacial score (nSPS) is 11.4. The van der Waals surface area contributed by atoms with Crippen LogP contribution in [0.15, 0.2) is 58.3 Å². The number of halogens is 1. The maximum atomic E-state index is 12.2. The number of rotatable bonds is 5. The third-order valence-corrected chi connectivity index (χ3v) is 4.54. The lowest BCUT2D eigenvalue weighted by Crippen LogP contribution is -2.15. The van der Waals surface area contributed by atoms with E-state index >= 15 is 0 Å². The quantitative estimate of drug-likeness (QED) is 0.637. The molecule has 0 aliphatic heterocycles. The molecule has 0 spiro atoms. The molecular weight excluding hydrogens is 412 g/mol. The fourth-order valence-electron chi connectivity index (χ4n) is 2.05. The zero-order valence-electron chi connectivity index (χ0n) is 12.7. The lowest BCUT2D eigenvalue weighted by atomic mass is 10.3. The van der Waals surface area contributed by atoms with Gasteiger partial charge in [-0.1, -0.05) is 0 Å². The van der Waals surface area contributed by atoms with Crippen LogP contribution in [0.4, 0.5) is 5.69 Å². The monoisotopic (exact) mass is 424 g/mol. The summed E-state index contributed by atoms with van der Waals surface area (Å²) in [5.41, 5.74) is 0.657. The van der Waals surface area contributed by atoms with Gasteiger partial charge in [-0.05, 0) is 46.3 Å². The summed E-state index contributed by atoms with van der Waals surface area (Å²) in [6, 6.07) is 7.12. The Balaban J connectivity index is 1.67. The number of anilines is 1. The fourth-order valence-corrected chi connectivity index (χ4v) is 2.89. The number of sulfonamides is 1. The van der Waals surface area contributed by atoms with Gasteiger partial charge in [-0.15, -0.1) is 0 Å². The van der Waals surface area contributed by atoms with E-state index in [4.69, 9.17) is 5.14 Å². The van der Waals surface area contributed by atoms with Crippen LogP contribution < -0.4 is 10.5 Å². The van der Waals surface area contributed by atoms with Gasteiger partial charge in [-0.25, -0.2) is 18.2 Å². The van der Waals surface area contributed by atoms with Gasteiger partial charge in [0, 0.05) is 18.1 Å². The summed E-state index contributed by atoms with van der Waals surface area (Å²) in [5, 5.41) is 16.0. The van der Waals surface area contributed by atoms with Gasteiger partial charge in [0.25, 0.3) is 5.91 Å². The second-order valence-corrected chi connectivity index (χ2v) is 7.58. The molecule has 1 aromatic carbocycles. The molecule has 2 aromatic heterocycles. The lowest BCUT2D eigenvalue weighted by molar-refractivity contribution is 0.102. The molecule has 11 heteroatoms. The highest BCUT2D eigenvalue weighted by molar-refractivity contribution is 9.10. The smallest absolute Gasteiger partial charge is 0.276 e. The molecule has 0 fully saturated rings. The highest BCUT2D eigenvalue weighted by atomic mass is 79.9. The van der Waals surface area contributed by atoms with Crippen molar-refractivity contribution >= 4 is 37.5 Å². The van der Waals surface area contributed by atoms with Crippen LogP contribution in [0.5, 0.6) is 0 Å². The second-order valence-electron chi connectivity index (χ2n) is 5.10. The summed E-state index contributed by atoms with van der Waals surface area (Å²) in [4.78, 5) is 12.2. The highest BCUT2D eigenvalue weighted by Gasteiger charge is 2.12. The third-order valence-electron chi connectivity index (χ3n) is 3.21. The maximum Gasteiger partial charge on any atom is 0.276 e. The molecule has 1 amide bonds. The van der Waals surface area contributed by atoms with Crippen LogP contribution in [-0.2, 0) is 16.7 Å². The van der Waals surface area contributed by atoms with Crippen LogP contribution in [0.2, 0.25) is 0 Å². The van der Waals surface area contributed by atoms with E-state index in [0.717, 1.165) is 4.47 Å². The Kier molecular flexibility index (Phi) is 4.70. The standard InChI is InChI=1S/C14H13BrN6O3S/c15-10-7-17-21(8-10)9-20-6-5-13(19-20)14(22)18-11-1-3-12(4-2-11)25(16,23)24/h1-8H,9H2,(H,18,22)(H2,16,23,24). The Hall–Kier alpha value is -2.50. The summed E-state index contributed by atoms with van der Waals surface area (Å²) in [7, 11) is -3.76. The summed E-state index contributed by atoms with van der Waals surface area (Å²) >= 11 is 3.31. The molecule has 3 aromatic rings. The van der Waals surface area contributed by atoms with Crippen molar-refractivity contribution in [2.24, 2.45) is 5.14 Å². The Morgan fingerprint density at radius 1 is 1.20 bits per heavy atom. The van der Waals surface area contributed by atoms with Gasteiger partial charge >= 0.3 is 0 Å². The zero-order chi connectivity index (χ0) is 18.0. The van der Waals surface area contributed by atoms with E-state index in [1.807, 2.05) is 0 Å². The van der Waals surface area contributed by atoms with Gasteiger partial charge in [0.15, 0.2) is 5.69 Å². The molecule has 0 saturated heterocycles. The average molecular weight is 425 g/mol. The molecule has 3 rings (SSSR count). The number of primary sulfonamides is 1. The Bertz CT molecular complexity index is 1010. The number of carbonyl (C=O) groups excluding carboxylic acids is 1. The Labute approximate surface area is 151 Å². The topological polar surface area (TPSA) is 125 Å². The molecule has 9 nitrogen and oxygen atoms in total. The predicted octanol–water partition coefficient (Wildman–Crippen LogP) is 1.25. The number of amides is 1. The lowest BCUT2D eigenvalue weighted by Gasteiger charge is -2.04. The first kappa shape index (κ1) is 17.3. The van der Waals surface area contributed by atoms with Crippen molar-refractivity contribution in [3.8, 4) is 0 Å². The van der Waals surface area contributed by atoms with Crippen molar-refractivity contribution in [1.29, 1.82) is 0 Å². The van der Waals surface area contributed by atoms with Crippen molar-refractivity contribution < 1.29 is 13.2 Å². The minimum Gasteiger partial charge on any atom is -0.321 e. The van der Waals surface area contributed by atoms with Crippen molar-refractivity contribution in [1.82, 2.24) is 19.6 Å². The molecule has 0 unspecified atom stereocenters. The number of benzene rings is 1. The van der Waals surface area contributed by atoms with Gasteiger partial charge in [0.05, 0.1) is 15.6 Å². The largest absolute Gasteiger partial charge is 0.321 e. The van der Waals surface area contributed by atoms with Crippen LogP contribution in [-0.4, -0.2) is 33.9 Å². The number of nitrogens with one attached hydrogen (secondary N) is 1. The SMILES string of the molecule is NS(=O)(=O)c1ccc(NC(=O)c2ccn(Cn3cc(Br)cn3)n2)cc1. The molecule has 3 N–H and O–H groups in total. The molecule has 130 valence electrons. The Morgan fingerprint density at radius 3 is 2.52 bits per heavy atom. The average Bonchev–Trinajstić information content (AvgIpc) is 3.16. The number of aromatic nitrogens is 4. The number of carbonyl (C=O) groups is 1. The van der Waals surface area contributed by atoms with E-state index in [0.29, 0.717) is 12.4 Å². The number of hydrogen-bond donors (Lipinski definition) is 2. The summed E-state index contributed by atoms with van der Waals surface area (Å²) in [5.74, 6) is -0.413. The molecule has 0 aliphatic carbocycles. The summed E-state index contributed by atoms with van der Waals surface area (Å²) < 4.78 is 26.5. The van der Waals surface area contributed by atoms with Crippen molar-refractivity contribution in [2.45, 2.75) is 11.6 Å². The molecule has 0 atom stereocenters. The molecule has 2 heterocycles. The molecule has 25 heavy (non-hydrogen) atoms. The van der Waals surface area contributed by atoms with E-state index in [2.05, 4.69) is 31.4 Å². The summed E-state index contributed by atoms with van der Waals surface area (Å²) in [6.45, 7) is 0.363. The second kappa shape index (κ2) is 6.78. The molecule has 0 bridgehead atoms. The maximum absolute atomic E-state index is 12.2. The molecule has 0 aliphatic rings. The highest BCUT2D eigenvalue weighted by Crippen LogP contribution is 2.13. The molecule has 0 saturated carbocycles. The van der Waals surface area contributed by atoms with Gasteiger partial charge < -0.3 is 5.32 Å². The summed E-state index contributed by atoms with van der Waals surface area (Å²) in [6.07, 6.45) is 5.10. The van der Waals surface area contributed by atoms with Gasteiger partial charge in [0.1, 0.15) is 6.67 Å². The fraction of sp³-hybridized carbons (Fsp3) is 0.0714. The van der Waals surface area contributed by atoms with Gasteiger partial charge in [-0.3, -0.25) is 9.48 Å². The van der Waals surface area contributed by atoms with Gasteiger partial charge in [0.2, 0.25) is 10.0 Å². The first-order chi connectivity index (χ1) is 11.8. The van der Waals surface area contributed by atoms with E-state index in [-0.39, 0.29) is 10.6 Å². The molecular formula is C14H13BrN6O3S. The third kappa shape index (κ3) is 4.32. The van der Waals surface area contributed by atoms with Gasteiger partial charge in [-0.2, -0.15) is 10.2 Å². The minimum atomic E-state index is -3.76. The van der Waals surface area contributed by atoms with Crippen LogP contribution in [0, 0.1) is 0 Å². The zero-order valence-corrected chi connectivity index (χ0v) is 15.1. The van der Waals surface area contributed by atoms with Crippen LogP contribution in [0.25, 0.3) is 0 Å². The number of hydrogen-bond acceptors (Lipinski definition) is 5. The van der Waals surface area contributed by atoms with E-state index in [1.165, 1.54) is 24.3 Å². The first-order valence-electron chi connectivity index (χ1n) is 6.97. The minimum absolute atomic E-state index is 0.0276. The van der Waals surface area contributed by atoms with Crippen molar-refractivity contribution in [2.75, 3.05) is 5.32 Å². The number of nitrogens with zero attached hydrogens (tertiary/aromatic N) is 4.